The summed E-state index contributed by atoms with van der Waals surface area (Å²) >= 11 is 3.81. The number of thiophene rings is 2. The first-order valence-corrected chi connectivity index (χ1v) is 21.4. The summed E-state index contributed by atoms with van der Waals surface area (Å²) in [5.74, 6) is 0.933. The Balaban J connectivity index is 0.000000320. The van der Waals surface area contributed by atoms with Crippen molar-refractivity contribution < 1.29 is 30.0 Å². The number of carbonyl (C=O) groups excluding carboxylic acids is 1. The number of nitrogens with zero attached hydrogens (tertiary/aromatic N) is 1. The fourth-order valence-corrected chi connectivity index (χ4v) is 9.48. The number of aromatic nitrogens is 1. The number of carbonyl (C=O) groups is 1. The second-order valence-electron chi connectivity index (χ2n) is 16.9. The van der Waals surface area contributed by atoms with Gasteiger partial charge in [0.05, 0.1) is 0 Å². The van der Waals surface area contributed by atoms with Crippen LogP contribution in [0.5, 0.6) is 0 Å². The number of aliphatic hydroxyl groups is 1. The minimum absolute atomic E-state index is 0. The molecule has 0 amide bonds. The van der Waals surface area contributed by atoms with Crippen LogP contribution >= 0.6 is 22.7 Å². The summed E-state index contributed by atoms with van der Waals surface area (Å²) in [6.07, 6.45) is 7.84. The van der Waals surface area contributed by atoms with Crippen LogP contribution in [0.3, 0.4) is 0 Å². The molecule has 3 aromatic carbocycles. The maximum absolute atomic E-state index is 12.2. The van der Waals surface area contributed by atoms with E-state index in [0.717, 1.165) is 48.7 Å². The second-order valence-corrected chi connectivity index (χ2v) is 19.2. The van der Waals surface area contributed by atoms with Gasteiger partial charge in [0.15, 0.2) is 5.78 Å². The molecule has 0 saturated heterocycles. The molecule has 295 valence electrons. The van der Waals surface area contributed by atoms with Gasteiger partial charge in [0, 0.05) is 73.6 Å². The minimum atomic E-state index is -0.337. The molecule has 0 aliphatic heterocycles. The summed E-state index contributed by atoms with van der Waals surface area (Å²) < 4.78 is 2.68. The molecule has 0 atom stereocenters. The Morgan fingerprint density at radius 3 is 2.09 bits per heavy atom. The zero-order valence-electron chi connectivity index (χ0n) is 35.0. The molecule has 6 heteroatoms. The molecule has 55 heavy (non-hydrogen) atoms. The number of allylic oxidation sites excluding steroid dienone is 2. The van der Waals surface area contributed by atoms with Crippen LogP contribution in [0, 0.1) is 29.7 Å². The molecule has 3 aromatic heterocycles. The third kappa shape index (κ3) is 9.36. The number of hydrogen-bond acceptors (Lipinski definition) is 5. The number of benzene rings is 3. The number of ketones is 1. The van der Waals surface area contributed by atoms with Gasteiger partial charge in [-0.3, -0.25) is 9.78 Å². The molecule has 0 fully saturated rings. The van der Waals surface area contributed by atoms with Gasteiger partial charge in [-0.1, -0.05) is 124 Å². The van der Waals surface area contributed by atoms with Crippen molar-refractivity contribution in [3.8, 4) is 21.7 Å². The van der Waals surface area contributed by atoms with Gasteiger partial charge in [0.2, 0.25) is 0 Å². The van der Waals surface area contributed by atoms with E-state index in [9.17, 15) is 9.90 Å². The molecule has 1 N–H and O–H groups in total. The molecule has 6 aromatic rings. The van der Waals surface area contributed by atoms with Crippen LogP contribution in [-0.4, -0.2) is 15.9 Å². The molecule has 0 aliphatic rings. The zero-order chi connectivity index (χ0) is 39.6. The average Bonchev–Trinajstić information content (AvgIpc) is 3.73. The fourth-order valence-electron chi connectivity index (χ4n) is 7.12. The van der Waals surface area contributed by atoms with Crippen molar-refractivity contribution in [3.63, 3.8) is 0 Å². The van der Waals surface area contributed by atoms with E-state index in [1.54, 1.807) is 0 Å². The Kier molecular flexibility index (Phi) is 14.6. The van der Waals surface area contributed by atoms with Crippen LogP contribution in [0.25, 0.3) is 52.6 Å². The molecule has 0 bridgehead atoms. The second kappa shape index (κ2) is 18.0. The molecule has 0 spiro atoms. The number of rotatable bonds is 11. The molecule has 0 unspecified atom stereocenters. The number of pyridine rings is 1. The topological polar surface area (TPSA) is 50.2 Å². The van der Waals surface area contributed by atoms with Crippen molar-refractivity contribution in [2.45, 2.75) is 121 Å². The third-order valence-corrected chi connectivity index (χ3v) is 14.1. The predicted molar refractivity (Wildman–Crippen MR) is 237 cm³/mol. The number of aliphatic hydroxyl groups excluding tert-OH is 1. The standard InChI is InChI=1S/C34H32NS2.C15H28O2.Ir/c1-20(2)16-27-21(3)36-33-25(27)12-9-13-26(33)31-19-28-30(37-31)14-15-35-32(28)23-17-22-10-7-8-11-24(22)29(18-23)34(4,5)6;1-7-14(5,8-2)12(16)11-13(17)15(6,9-3)10-4;/h7-15,18-20H,16H2,1-6H3;11,16H,7-10H2,1-6H3;/q-1;;/b;12-11-;. The van der Waals surface area contributed by atoms with Crippen molar-refractivity contribution >= 4 is 59.4 Å². The van der Waals surface area contributed by atoms with E-state index in [2.05, 4.69) is 108 Å². The van der Waals surface area contributed by atoms with Gasteiger partial charge in [0.1, 0.15) is 5.76 Å². The largest absolute Gasteiger partial charge is 0.512 e. The molecule has 1 radical (unpaired) electrons. The SMILES string of the molecule is CCC(C)(CC)C(=O)/C=C(\O)C(C)(CC)CC.Cc1sc2c(-c3cc4c(-c5[c-]c6ccccc6c(C(C)(C)C)c5)nccc4s3)cccc2c1CC(C)C.[Ir]. The van der Waals surface area contributed by atoms with Gasteiger partial charge >= 0.3 is 0 Å². The van der Waals surface area contributed by atoms with Crippen molar-refractivity contribution in [1.82, 2.24) is 4.98 Å². The van der Waals surface area contributed by atoms with E-state index >= 15 is 0 Å². The first-order chi connectivity index (χ1) is 25.5. The summed E-state index contributed by atoms with van der Waals surface area (Å²) in [7, 11) is 0. The quantitative estimate of drug-likeness (QED) is 0.0800. The van der Waals surface area contributed by atoms with Gasteiger partial charge in [0.25, 0.3) is 0 Å². The van der Waals surface area contributed by atoms with E-state index in [0.29, 0.717) is 5.92 Å². The van der Waals surface area contributed by atoms with Crippen molar-refractivity contribution in [2.24, 2.45) is 16.7 Å². The van der Waals surface area contributed by atoms with Gasteiger partial charge in [-0.05, 0) is 78.8 Å². The summed E-state index contributed by atoms with van der Waals surface area (Å²) in [6, 6.07) is 25.9. The van der Waals surface area contributed by atoms with Gasteiger partial charge in [-0.15, -0.1) is 51.8 Å². The van der Waals surface area contributed by atoms with E-state index in [4.69, 9.17) is 4.98 Å². The zero-order valence-corrected chi connectivity index (χ0v) is 39.0. The molecule has 6 rings (SSSR count). The Morgan fingerprint density at radius 1 is 0.836 bits per heavy atom. The smallest absolute Gasteiger partial charge is 0.164 e. The molecule has 3 nitrogen and oxygen atoms in total. The third-order valence-electron chi connectivity index (χ3n) is 11.8. The van der Waals surface area contributed by atoms with Gasteiger partial charge < -0.3 is 5.11 Å². The monoisotopic (exact) mass is 951 g/mol. The Morgan fingerprint density at radius 2 is 1.47 bits per heavy atom. The Bertz CT molecular complexity index is 2290. The minimum Gasteiger partial charge on any atom is -0.512 e. The summed E-state index contributed by atoms with van der Waals surface area (Å²) in [5, 5.41) is 15.2. The van der Waals surface area contributed by atoms with Crippen LogP contribution in [0.2, 0.25) is 0 Å². The van der Waals surface area contributed by atoms with E-state index < -0.39 is 0 Å². The van der Waals surface area contributed by atoms with Crippen LogP contribution < -0.4 is 0 Å². The van der Waals surface area contributed by atoms with E-state index in [1.807, 2.05) is 70.4 Å². The van der Waals surface area contributed by atoms with E-state index in [1.165, 1.54) is 58.1 Å². The molecular weight excluding hydrogens is 891 g/mol. The maximum Gasteiger partial charge on any atom is 0.164 e. The first-order valence-electron chi connectivity index (χ1n) is 19.8. The Labute approximate surface area is 352 Å². The summed E-state index contributed by atoms with van der Waals surface area (Å²) in [4.78, 5) is 19.8. The summed E-state index contributed by atoms with van der Waals surface area (Å²) in [6.45, 7) is 25.8. The first kappa shape index (κ1) is 44.6. The van der Waals surface area contributed by atoms with Crippen LogP contribution in [0.1, 0.15) is 118 Å². The average molecular weight is 951 g/mol. The number of fused-ring (bicyclic) bond motifs is 3. The Hall–Kier alpha value is -3.15. The van der Waals surface area contributed by atoms with Gasteiger partial charge in [-0.25, -0.2) is 0 Å². The van der Waals surface area contributed by atoms with Gasteiger partial charge in [-0.2, -0.15) is 0 Å². The number of aryl methyl sites for hydroxylation is 1. The van der Waals surface area contributed by atoms with Crippen molar-refractivity contribution in [2.75, 3.05) is 0 Å². The molecular formula is C49H60IrNO2S2-. The van der Waals surface area contributed by atoms with Crippen LogP contribution in [-0.2, 0) is 36.7 Å². The summed E-state index contributed by atoms with van der Waals surface area (Å²) in [5.41, 5.74) is 5.70. The molecule has 0 saturated carbocycles. The van der Waals surface area contributed by atoms with Crippen molar-refractivity contribution in [3.05, 3.63) is 101 Å². The van der Waals surface area contributed by atoms with Crippen LogP contribution in [0.15, 0.2) is 78.7 Å². The van der Waals surface area contributed by atoms with Crippen molar-refractivity contribution in [1.29, 1.82) is 0 Å². The fraction of sp³-hybridized carbons (Fsp3) is 0.429. The normalized spacial score (nSPS) is 12.6. The molecule has 0 aliphatic carbocycles. The van der Waals surface area contributed by atoms with E-state index in [-0.39, 0.29) is 47.9 Å². The maximum atomic E-state index is 12.2. The number of hydrogen-bond donors (Lipinski definition) is 1. The van der Waals surface area contributed by atoms with Crippen LogP contribution in [0.4, 0.5) is 0 Å². The predicted octanol–water partition coefficient (Wildman–Crippen LogP) is 15.3. The molecule has 3 heterocycles.